The summed E-state index contributed by atoms with van der Waals surface area (Å²) in [7, 11) is 0. The molecule has 3 rings (SSSR count). The molecule has 0 amide bonds. The second-order valence-corrected chi connectivity index (χ2v) is 3.87. The maximum absolute atomic E-state index is 11.0. The van der Waals surface area contributed by atoms with Crippen molar-refractivity contribution in [2.24, 2.45) is 0 Å². The molecule has 1 unspecified atom stereocenters. The van der Waals surface area contributed by atoms with Crippen LogP contribution in [-0.4, -0.2) is 21.0 Å². The number of carboxylic acid groups (broad SMARTS) is 1. The third kappa shape index (κ3) is 1.08. The maximum atomic E-state index is 11.0. The Morgan fingerprint density at radius 2 is 2.47 bits per heavy atom. The number of pyridine rings is 1. The minimum Gasteiger partial charge on any atom is -0.481 e. The predicted molar refractivity (Wildman–Crippen MR) is 54.8 cm³/mol. The van der Waals surface area contributed by atoms with E-state index in [1.807, 2.05) is 6.07 Å². The monoisotopic (exact) mass is 202 g/mol. The Labute approximate surface area is 86.0 Å². The van der Waals surface area contributed by atoms with E-state index in [0.717, 1.165) is 28.6 Å². The summed E-state index contributed by atoms with van der Waals surface area (Å²) in [5.41, 5.74) is 2.96. The van der Waals surface area contributed by atoms with Gasteiger partial charge in [0, 0.05) is 17.3 Å². The van der Waals surface area contributed by atoms with Gasteiger partial charge in [-0.05, 0) is 24.5 Å². The molecule has 76 valence electrons. The van der Waals surface area contributed by atoms with Gasteiger partial charge in [-0.3, -0.25) is 9.78 Å². The number of hydrogen-bond donors (Lipinski definition) is 2. The Kier molecular flexibility index (Phi) is 1.59. The van der Waals surface area contributed by atoms with Crippen LogP contribution in [0.4, 0.5) is 0 Å². The highest BCUT2D eigenvalue weighted by atomic mass is 16.4. The molecular weight excluding hydrogens is 192 g/mol. The first-order chi connectivity index (χ1) is 7.27. The molecule has 0 spiro atoms. The van der Waals surface area contributed by atoms with Gasteiger partial charge in [-0.25, -0.2) is 0 Å². The van der Waals surface area contributed by atoms with Gasteiger partial charge in [-0.2, -0.15) is 0 Å². The van der Waals surface area contributed by atoms with Crippen LogP contribution in [0.5, 0.6) is 0 Å². The van der Waals surface area contributed by atoms with E-state index in [1.54, 1.807) is 12.4 Å². The SMILES string of the molecule is O=C(O)C1CCc2c1[nH]c1cnccc21. The zero-order chi connectivity index (χ0) is 10.4. The highest BCUT2D eigenvalue weighted by Gasteiger charge is 2.31. The van der Waals surface area contributed by atoms with Crippen molar-refractivity contribution in [3.63, 3.8) is 0 Å². The van der Waals surface area contributed by atoms with Crippen molar-refractivity contribution in [3.05, 3.63) is 29.7 Å². The average Bonchev–Trinajstić information content (AvgIpc) is 2.74. The number of H-pyrrole nitrogens is 1. The van der Waals surface area contributed by atoms with Gasteiger partial charge in [0.05, 0.1) is 17.6 Å². The number of carbonyl (C=O) groups is 1. The summed E-state index contributed by atoms with van der Waals surface area (Å²) in [6.07, 6.45) is 5.03. The van der Waals surface area contributed by atoms with Crippen molar-refractivity contribution < 1.29 is 9.90 Å². The van der Waals surface area contributed by atoms with Crippen molar-refractivity contribution >= 4 is 16.9 Å². The van der Waals surface area contributed by atoms with E-state index in [9.17, 15) is 4.79 Å². The number of rotatable bonds is 1. The summed E-state index contributed by atoms with van der Waals surface area (Å²) in [5.74, 6) is -1.11. The van der Waals surface area contributed by atoms with Gasteiger partial charge in [0.2, 0.25) is 0 Å². The maximum Gasteiger partial charge on any atom is 0.312 e. The second-order valence-electron chi connectivity index (χ2n) is 3.87. The van der Waals surface area contributed by atoms with Crippen LogP contribution in [0.1, 0.15) is 23.6 Å². The summed E-state index contributed by atoms with van der Waals surface area (Å²) in [6, 6.07) is 1.94. The third-order valence-electron chi connectivity index (χ3n) is 3.07. The van der Waals surface area contributed by atoms with E-state index >= 15 is 0 Å². The van der Waals surface area contributed by atoms with E-state index in [2.05, 4.69) is 9.97 Å². The first-order valence-electron chi connectivity index (χ1n) is 4.94. The van der Waals surface area contributed by atoms with Gasteiger partial charge >= 0.3 is 5.97 Å². The number of hydrogen-bond acceptors (Lipinski definition) is 2. The van der Waals surface area contributed by atoms with Crippen molar-refractivity contribution in [3.8, 4) is 0 Å². The average molecular weight is 202 g/mol. The van der Waals surface area contributed by atoms with Gasteiger partial charge in [-0.1, -0.05) is 0 Å². The van der Waals surface area contributed by atoms with Crippen LogP contribution in [0.2, 0.25) is 0 Å². The van der Waals surface area contributed by atoms with E-state index in [4.69, 9.17) is 5.11 Å². The number of aromatic amines is 1. The number of fused-ring (bicyclic) bond motifs is 3. The molecule has 1 aliphatic rings. The summed E-state index contributed by atoms with van der Waals surface area (Å²) >= 11 is 0. The molecule has 2 aromatic heterocycles. The number of aliphatic carboxylic acids is 1. The van der Waals surface area contributed by atoms with E-state index in [-0.39, 0.29) is 5.92 Å². The fourth-order valence-corrected chi connectivity index (χ4v) is 2.37. The second kappa shape index (κ2) is 2.82. The van der Waals surface area contributed by atoms with Crippen molar-refractivity contribution in [2.45, 2.75) is 18.8 Å². The van der Waals surface area contributed by atoms with Crippen LogP contribution in [0, 0.1) is 0 Å². The van der Waals surface area contributed by atoms with Gasteiger partial charge in [0.25, 0.3) is 0 Å². The molecule has 4 heteroatoms. The highest BCUT2D eigenvalue weighted by molar-refractivity contribution is 5.88. The smallest absolute Gasteiger partial charge is 0.312 e. The molecule has 0 saturated carbocycles. The zero-order valence-corrected chi connectivity index (χ0v) is 8.03. The van der Waals surface area contributed by atoms with Crippen LogP contribution in [0.15, 0.2) is 18.5 Å². The quantitative estimate of drug-likeness (QED) is 0.739. The Morgan fingerprint density at radius 3 is 3.27 bits per heavy atom. The molecule has 0 radical (unpaired) electrons. The molecule has 0 bridgehead atoms. The summed E-state index contributed by atoms with van der Waals surface area (Å²) < 4.78 is 0. The first-order valence-corrected chi connectivity index (χ1v) is 4.94. The molecule has 2 aromatic rings. The zero-order valence-electron chi connectivity index (χ0n) is 8.03. The standard InChI is InChI=1S/C11H10N2O2/c14-11(15)8-2-1-7-6-3-4-12-5-9(6)13-10(7)8/h3-5,8,13H,1-2H2,(H,14,15). The largest absolute Gasteiger partial charge is 0.481 e. The molecule has 0 fully saturated rings. The fraction of sp³-hybridized carbons (Fsp3) is 0.273. The topological polar surface area (TPSA) is 66.0 Å². The van der Waals surface area contributed by atoms with Crippen LogP contribution in [0.25, 0.3) is 10.9 Å². The van der Waals surface area contributed by atoms with Crippen molar-refractivity contribution in [1.82, 2.24) is 9.97 Å². The first kappa shape index (κ1) is 8.47. The molecule has 2 heterocycles. The molecule has 0 aliphatic heterocycles. The number of aryl methyl sites for hydroxylation is 1. The lowest BCUT2D eigenvalue weighted by molar-refractivity contribution is -0.138. The summed E-state index contributed by atoms with van der Waals surface area (Å²) in [6.45, 7) is 0. The number of nitrogens with zero attached hydrogens (tertiary/aromatic N) is 1. The van der Waals surface area contributed by atoms with Crippen molar-refractivity contribution in [1.29, 1.82) is 0 Å². The Morgan fingerprint density at radius 1 is 1.60 bits per heavy atom. The Bertz CT molecular complexity index is 545. The Balaban J connectivity index is 2.25. The van der Waals surface area contributed by atoms with E-state index in [0.29, 0.717) is 6.42 Å². The molecule has 0 saturated heterocycles. The fourth-order valence-electron chi connectivity index (χ4n) is 2.37. The van der Waals surface area contributed by atoms with Gasteiger partial charge in [0.15, 0.2) is 0 Å². The minimum atomic E-state index is -0.742. The predicted octanol–water partition coefficient (Wildman–Crippen LogP) is 1.68. The van der Waals surface area contributed by atoms with Gasteiger partial charge < -0.3 is 10.1 Å². The van der Waals surface area contributed by atoms with Gasteiger partial charge in [0.1, 0.15) is 0 Å². The lowest BCUT2D eigenvalue weighted by Gasteiger charge is -2.01. The van der Waals surface area contributed by atoms with Crippen LogP contribution in [-0.2, 0) is 11.2 Å². The molecular formula is C11H10N2O2. The van der Waals surface area contributed by atoms with E-state index in [1.165, 1.54) is 0 Å². The summed E-state index contributed by atoms with van der Waals surface area (Å²) in [4.78, 5) is 18.2. The molecule has 15 heavy (non-hydrogen) atoms. The lowest BCUT2D eigenvalue weighted by Crippen LogP contribution is -2.08. The minimum absolute atomic E-state index is 0.368. The molecule has 1 aliphatic carbocycles. The molecule has 2 N–H and O–H groups in total. The van der Waals surface area contributed by atoms with Crippen LogP contribution < -0.4 is 0 Å². The van der Waals surface area contributed by atoms with Gasteiger partial charge in [-0.15, -0.1) is 0 Å². The Hall–Kier alpha value is -1.84. The van der Waals surface area contributed by atoms with Crippen molar-refractivity contribution in [2.75, 3.05) is 0 Å². The lowest BCUT2D eigenvalue weighted by atomic mass is 10.1. The van der Waals surface area contributed by atoms with Crippen LogP contribution in [0.3, 0.4) is 0 Å². The molecule has 0 aromatic carbocycles. The normalized spacial score (nSPS) is 19.3. The highest BCUT2D eigenvalue weighted by Crippen LogP contribution is 2.37. The molecule has 4 nitrogen and oxygen atoms in total. The third-order valence-corrected chi connectivity index (χ3v) is 3.07. The van der Waals surface area contributed by atoms with E-state index < -0.39 is 5.97 Å². The molecule has 1 atom stereocenters. The number of aromatic nitrogens is 2. The number of carboxylic acids is 1. The number of nitrogens with one attached hydrogen (secondary N) is 1. The van der Waals surface area contributed by atoms with Crippen LogP contribution >= 0.6 is 0 Å². The summed E-state index contributed by atoms with van der Waals surface area (Å²) in [5, 5.41) is 10.2.